The highest BCUT2D eigenvalue weighted by molar-refractivity contribution is 6.32. The van der Waals surface area contributed by atoms with E-state index in [-0.39, 0.29) is 11.4 Å². The van der Waals surface area contributed by atoms with Gasteiger partial charge in [0.1, 0.15) is 11.5 Å². The number of halogens is 1. The van der Waals surface area contributed by atoms with Gasteiger partial charge < -0.3 is 19.5 Å². The fraction of sp³-hybridized carbons (Fsp3) is 0.115. The fourth-order valence-electron chi connectivity index (χ4n) is 3.43. The lowest BCUT2D eigenvalue weighted by atomic mass is 10.1. The Morgan fingerprint density at radius 2 is 1.63 bits per heavy atom. The second-order valence-corrected chi connectivity index (χ2v) is 7.85. The molecule has 0 radical (unpaired) electrons. The smallest absolute Gasteiger partial charge is 0.325 e. The number of urea groups is 1. The number of methoxy groups -OCH3 is 2. The maximum atomic E-state index is 12.2. The first kappa shape index (κ1) is 23.8. The molecule has 178 valence electrons. The van der Waals surface area contributed by atoms with Gasteiger partial charge in [0, 0.05) is 23.3 Å². The zero-order valence-electron chi connectivity index (χ0n) is 19.0. The molecule has 35 heavy (non-hydrogen) atoms. The van der Waals surface area contributed by atoms with Crippen LogP contribution in [0.15, 0.2) is 72.9 Å². The van der Waals surface area contributed by atoms with Crippen molar-refractivity contribution in [1.82, 2.24) is 10.3 Å². The maximum absolute atomic E-state index is 12.2. The molecule has 0 saturated carbocycles. The molecule has 9 heteroatoms. The summed E-state index contributed by atoms with van der Waals surface area (Å²) < 4.78 is 16.8. The highest BCUT2D eigenvalue weighted by Crippen LogP contribution is 2.38. The first-order chi connectivity index (χ1) is 17.0. The molecule has 0 fully saturated rings. The number of carbonyl (C=O) groups is 2. The van der Waals surface area contributed by atoms with E-state index in [1.807, 2.05) is 30.3 Å². The third-order valence-electron chi connectivity index (χ3n) is 5.08. The summed E-state index contributed by atoms with van der Waals surface area (Å²) in [6.07, 6.45) is 1.71. The molecule has 8 nitrogen and oxygen atoms in total. The summed E-state index contributed by atoms with van der Waals surface area (Å²) >= 11 is 6.41. The van der Waals surface area contributed by atoms with E-state index in [9.17, 15) is 9.59 Å². The van der Waals surface area contributed by atoms with Gasteiger partial charge in [-0.2, -0.15) is 0 Å². The minimum atomic E-state index is -0.656. The normalized spacial score (nSPS) is 10.5. The Morgan fingerprint density at radius 3 is 2.34 bits per heavy atom. The van der Waals surface area contributed by atoms with Crippen molar-refractivity contribution in [3.05, 3.63) is 83.5 Å². The SMILES string of the molecule is COc1cc2nccc(Oc3ccc(NC(=O)NC(=O)Cc4ccccc4)cc3Cl)c2cc1OC. The van der Waals surface area contributed by atoms with Gasteiger partial charge in [-0.15, -0.1) is 0 Å². The molecular weight excluding hydrogens is 470 g/mol. The standard InChI is InChI=1S/C26H22ClN3O5/c1-33-23-14-18-20(15-24(23)34-2)28-11-10-21(18)35-22-9-8-17(13-19(22)27)29-26(32)30-25(31)12-16-6-4-3-5-7-16/h3-11,13-15H,12H2,1-2H3,(H2,29,30,31,32). The molecule has 0 aliphatic rings. The molecule has 0 atom stereocenters. The average Bonchev–Trinajstić information content (AvgIpc) is 2.85. The first-order valence-corrected chi connectivity index (χ1v) is 11.0. The van der Waals surface area contributed by atoms with Crippen molar-refractivity contribution in [3.8, 4) is 23.0 Å². The number of nitrogens with zero attached hydrogens (tertiary/aromatic N) is 1. The van der Waals surface area contributed by atoms with Crippen molar-refractivity contribution in [2.24, 2.45) is 0 Å². The lowest BCUT2D eigenvalue weighted by molar-refractivity contribution is -0.119. The van der Waals surface area contributed by atoms with Gasteiger partial charge in [0.25, 0.3) is 0 Å². The summed E-state index contributed by atoms with van der Waals surface area (Å²) in [6.45, 7) is 0. The van der Waals surface area contributed by atoms with E-state index in [2.05, 4.69) is 15.6 Å². The largest absolute Gasteiger partial charge is 0.493 e. The number of imide groups is 1. The van der Waals surface area contributed by atoms with Gasteiger partial charge in [0.2, 0.25) is 5.91 Å². The van der Waals surface area contributed by atoms with Gasteiger partial charge >= 0.3 is 6.03 Å². The molecule has 1 aromatic heterocycles. The second kappa shape index (κ2) is 10.8. The Hall–Kier alpha value is -4.30. The molecule has 0 bridgehead atoms. The van der Waals surface area contributed by atoms with Gasteiger partial charge in [-0.05, 0) is 35.9 Å². The van der Waals surface area contributed by atoms with Crippen molar-refractivity contribution in [3.63, 3.8) is 0 Å². The molecule has 4 rings (SSSR count). The highest BCUT2D eigenvalue weighted by atomic mass is 35.5. The summed E-state index contributed by atoms with van der Waals surface area (Å²) in [5.74, 6) is 1.56. The summed E-state index contributed by atoms with van der Waals surface area (Å²) in [4.78, 5) is 28.7. The van der Waals surface area contributed by atoms with Crippen LogP contribution < -0.4 is 24.8 Å². The van der Waals surface area contributed by atoms with Crippen LogP contribution in [0.4, 0.5) is 10.5 Å². The lowest BCUT2D eigenvalue weighted by Crippen LogP contribution is -2.35. The minimum Gasteiger partial charge on any atom is -0.493 e. The van der Waals surface area contributed by atoms with E-state index in [1.54, 1.807) is 50.7 Å². The monoisotopic (exact) mass is 491 g/mol. The molecule has 3 amide bonds. The van der Waals surface area contributed by atoms with Gasteiger partial charge in [0.05, 0.1) is 31.2 Å². The van der Waals surface area contributed by atoms with Crippen LogP contribution in [0.1, 0.15) is 5.56 Å². The Kier molecular flexibility index (Phi) is 7.32. The van der Waals surface area contributed by atoms with Crippen molar-refractivity contribution in [1.29, 1.82) is 0 Å². The van der Waals surface area contributed by atoms with Crippen LogP contribution in [0.3, 0.4) is 0 Å². The number of amides is 3. The predicted octanol–water partition coefficient (Wildman–Crippen LogP) is 5.59. The molecule has 1 heterocycles. The Labute approximate surface area is 206 Å². The number of rotatable bonds is 7. The van der Waals surface area contributed by atoms with Crippen LogP contribution in [0.2, 0.25) is 5.02 Å². The van der Waals surface area contributed by atoms with E-state index >= 15 is 0 Å². The number of hydrogen-bond donors (Lipinski definition) is 2. The highest BCUT2D eigenvalue weighted by Gasteiger charge is 2.14. The van der Waals surface area contributed by atoms with Crippen LogP contribution in [0.5, 0.6) is 23.0 Å². The zero-order valence-corrected chi connectivity index (χ0v) is 19.8. The number of hydrogen-bond acceptors (Lipinski definition) is 6. The van der Waals surface area contributed by atoms with E-state index in [1.165, 1.54) is 6.07 Å². The molecule has 0 spiro atoms. The van der Waals surface area contributed by atoms with Crippen molar-refractivity contribution in [2.75, 3.05) is 19.5 Å². The number of carbonyl (C=O) groups excluding carboxylic acids is 2. The molecular formula is C26H22ClN3O5. The third kappa shape index (κ3) is 5.80. The van der Waals surface area contributed by atoms with Crippen LogP contribution in [-0.2, 0) is 11.2 Å². The average molecular weight is 492 g/mol. The van der Waals surface area contributed by atoms with E-state index in [0.717, 1.165) is 5.56 Å². The summed E-state index contributed by atoms with van der Waals surface area (Å²) in [7, 11) is 3.10. The van der Waals surface area contributed by atoms with Crippen molar-refractivity contribution < 1.29 is 23.8 Å². The third-order valence-corrected chi connectivity index (χ3v) is 5.37. The van der Waals surface area contributed by atoms with Gasteiger partial charge in [-0.1, -0.05) is 41.9 Å². The number of fused-ring (bicyclic) bond motifs is 1. The predicted molar refractivity (Wildman–Crippen MR) is 134 cm³/mol. The topological polar surface area (TPSA) is 98.8 Å². The first-order valence-electron chi connectivity index (χ1n) is 10.6. The summed E-state index contributed by atoms with van der Waals surface area (Å²) in [6, 6.07) is 18.5. The second-order valence-electron chi connectivity index (χ2n) is 7.45. The molecule has 0 aliphatic heterocycles. The molecule has 4 aromatic rings. The quantitative estimate of drug-likeness (QED) is 0.349. The van der Waals surface area contributed by atoms with Crippen LogP contribution in [0, 0.1) is 0 Å². The zero-order chi connectivity index (χ0) is 24.8. The minimum absolute atomic E-state index is 0.0956. The van der Waals surface area contributed by atoms with E-state index in [0.29, 0.717) is 39.6 Å². The van der Waals surface area contributed by atoms with E-state index in [4.69, 9.17) is 25.8 Å². The molecule has 0 aliphatic carbocycles. The van der Waals surface area contributed by atoms with Crippen LogP contribution in [0.25, 0.3) is 10.9 Å². The molecule has 3 aromatic carbocycles. The molecule has 0 unspecified atom stereocenters. The Morgan fingerprint density at radius 1 is 0.886 bits per heavy atom. The number of anilines is 1. The number of pyridine rings is 1. The molecule has 2 N–H and O–H groups in total. The molecule has 0 saturated heterocycles. The van der Waals surface area contributed by atoms with Crippen LogP contribution >= 0.6 is 11.6 Å². The van der Waals surface area contributed by atoms with Crippen molar-refractivity contribution >= 4 is 40.1 Å². The summed E-state index contributed by atoms with van der Waals surface area (Å²) in [5, 5.41) is 5.87. The Bertz CT molecular complexity index is 1380. The fourth-order valence-corrected chi connectivity index (χ4v) is 3.65. The number of nitrogens with one attached hydrogen (secondary N) is 2. The Balaban J connectivity index is 1.45. The van der Waals surface area contributed by atoms with E-state index < -0.39 is 11.9 Å². The summed E-state index contributed by atoms with van der Waals surface area (Å²) in [5.41, 5.74) is 1.87. The van der Waals surface area contributed by atoms with Crippen LogP contribution in [-0.4, -0.2) is 31.1 Å². The number of benzene rings is 3. The van der Waals surface area contributed by atoms with Gasteiger partial charge in [-0.25, -0.2) is 4.79 Å². The number of ether oxygens (including phenoxy) is 3. The maximum Gasteiger partial charge on any atom is 0.325 e. The van der Waals surface area contributed by atoms with Gasteiger partial charge in [-0.3, -0.25) is 15.1 Å². The lowest BCUT2D eigenvalue weighted by Gasteiger charge is -2.14. The van der Waals surface area contributed by atoms with Gasteiger partial charge in [0.15, 0.2) is 11.5 Å². The van der Waals surface area contributed by atoms with Crippen molar-refractivity contribution in [2.45, 2.75) is 6.42 Å². The number of aromatic nitrogens is 1.